The molecule has 1 saturated heterocycles. The molecule has 3 nitrogen and oxygen atoms in total. The summed E-state index contributed by atoms with van der Waals surface area (Å²) in [5.41, 5.74) is 6.91. The Morgan fingerprint density at radius 2 is 2.26 bits per heavy atom. The van der Waals surface area contributed by atoms with Crippen molar-refractivity contribution in [3.63, 3.8) is 0 Å². The summed E-state index contributed by atoms with van der Waals surface area (Å²) in [6.45, 7) is 5.04. The Labute approximate surface area is 120 Å². The van der Waals surface area contributed by atoms with E-state index in [0.717, 1.165) is 38.0 Å². The molecule has 2 N–H and O–H groups in total. The molecular formula is C14H22ClFN2O. The van der Waals surface area contributed by atoms with Gasteiger partial charge in [-0.05, 0) is 44.0 Å². The Morgan fingerprint density at radius 3 is 2.89 bits per heavy atom. The van der Waals surface area contributed by atoms with Gasteiger partial charge in [-0.1, -0.05) is 6.07 Å². The Kier molecular flexibility index (Phi) is 6.55. The van der Waals surface area contributed by atoms with E-state index < -0.39 is 0 Å². The van der Waals surface area contributed by atoms with Gasteiger partial charge in [0.05, 0.1) is 6.61 Å². The molecule has 0 spiro atoms. The average Bonchev–Trinajstić information content (AvgIpc) is 2.33. The van der Waals surface area contributed by atoms with Gasteiger partial charge in [0, 0.05) is 19.1 Å². The van der Waals surface area contributed by atoms with Crippen LogP contribution < -0.4 is 10.5 Å². The second-order valence-electron chi connectivity index (χ2n) is 4.84. The molecule has 1 aliphatic heterocycles. The van der Waals surface area contributed by atoms with Crippen molar-refractivity contribution >= 4 is 12.4 Å². The molecule has 19 heavy (non-hydrogen) atoms. The molecule has 1 fully saturated rings. The quantitative estimate of drug-likeness (QED) is 0.925. The Hall–Kier alpha value is -0.840. The first-order valence-corrected chi connectivity index (χ1v) is 6.58. The number of hydrogen-bond acceptors (Lipinski definition) is 3. The van der Waals surface area contributed by atoms with Crippen molar-refractivity contribution in [2.45, 2.75) is 32.4 Å². The third kappa shape index (κ3) is 4.64. The highest BCUT2D eigenvalue weighted by Gasteiger charge is 2.17. The Balaban J connectivity index is 0.00000180. The van der Waals surface area contributed by atoms with Crippen molar-refractivity contribution in [2.75, 3.05) is 19.7 Å². The molecular weight excluding hydrogens is 267 g/mol. The van der Waals surface area contributed by atoms with Crippen molar-refractivity contribution in [2.24, 2.45) is 5.73 Å². The first-order valence-electron chi connectivity index (χ1n) is 6.58. The largest absolute Gasteiger partial charge is 0.491 e. The normalized spacial score (nSPS) is 19.8. The Bertz CT molecular complexity index is 403. The molecule has 1 aromatic rings. The zero-order valence-corrected chi connectivity index (χ0v) is 12.1. The lowest BCUT2D eigenvalue weighted by molar-refractivity contribution is 0.201. The van der Waals surface area contributed by atoms with E-state index in [0.29, 0.717) is 12.4 Å². The lowest BCUT2D eigenvalue weighted by Gasteiger charge is -2.30. The number of ether oxygens (including phenoxy) is 1. The van der Waals surface area contributed by atoms with Crippen LogP contribution >= 0.6 is 12.4 Å². The van der Waals surface area contributed by atoms with Crippen molar-refractivity contribution in [3.05, 3.63) is 29.6 Å². The van der Waals surface area contributed by atoms with Crippen LogP contribution in [0.4, 0.5) is 4.39 Å². The third-order valence-corrected chi connectivity index (χ3v) is 3.24. The van der Waals surface area contributed by atoms with Gasteiger partial charge in [-0.15, -0.1) is 12.4 Å². The number of piperidine rings is 1. The molecule has 1 heterocycles. The van der Waals surface area contributed by atoms with Crippen molar-refractivity contribution in [3.8, 4) is 5.75 Å². The molecule has 1 unspecified atom stereocenters. The summed E-state index contributed by atoms with van der Waals surface area (Å²) in [5, 5.41) is 0. The predicted molar refractivity (Wildman–Crippen MR) is 77.3 cm³/mol. The summed E-state index contributed by atoms with van der Waals surface area (Å²) in [6, 6.07) is 5.45. The molecule has 0 radical (unpaired) electrons. The number of nitrogens with zero attached hydrogens (tertiary/aromatic N) is 1. The SMILES string of the molecule is CCOc1ccc(CN2CCCC(N)C2)cc1F.Cl. The highest BCUT2D eigenvalue weighted by Crippen LogP contribution is 2.20. The van der Waals surface area contributed by atoms with E-state index in [9.17, 15) is 4.39 Å². The van der Waals surface area contributed by atoms with Crippen LogP contribution in [0.15, 0.2) is 18.2 Å². The molecule has 108 valence electrons. The van der Waals surface area contributed by atoms with E-state index in [4.69, 9.17) is 10.5 Å². The summed E-state index contributed by atoms with van der Waals surface area (Å²) >= 11 is 0. The number of benzene rings is 1. The minimum absolute atomic E-state index is 0. The second kappa shape index (κ2) is 7.68. The fourth-order valence-electron chi connectivity index (χ4n) is 2.41. The minimum Gasteiger partial charge on any atom is -0.491 e. The van der Waals surface area contributed by atoms with Crippen LogP contribution in [0.25, 0.3) is 0 Å². The lowest BCUT2D eigenvalue weighted by atomic mass is 10.1. The van der Waals surface area contributed by atoms with Crippen molar-refractivity contribution in [1.82, 2.24) is 4.90 Å². The number of likely N-dealkylation sites (tertiary alicyclic amines) is 1. The smallest absolute Gasteiger partial charge is 0.165 e. The monoisotopic (exact) mass is 288 g/mol. The number of rotatable bonds is 4. The van der Waals surface area contributed by atoms with E-state index in [1.54, 1.807) is 12.1 Å². The van der Waals surface area contributed by atoms with E-state index >= 15 is 0 Å². The lowest BCUT2D eigenvalue weighted by Crippen LogP contribution is -2.42. The van der Waals surface area contributed by atoms with Gasteiger partial charge in [-0.2, -0.15) is 0 Å². The maximum Gasteiger partial charge on any atom is 0.165 e. The van der Waals surface area contributed by atoms with Crippen LogP contribution in [0.1, 0.15) is 25.3 Å². The molecule has 0 bridgehead atoms. The van der Waals surface area contributed by atoms with Gasteiger partial charge in [-0.25, -0.2) is 4.39 Å². The predicted octanol–water partition coefficient (Wildman–Crippen LogP) is 2.57. The molecule has 1 atom stereocenters. The van der Waals surface area contributed by atoms with Crippen LogP contribution in [0.3, 0.4) is 0 Å². The van der Waals surface area contributed by atoms with Crippen LogP contribution in [0, 0.1) is 5.82 Å². The van der Waals surface area contributed by atoms with Gasteiger partial charge < -0.3 is 10.5 Å². The molecule has 1 aliphatic rings. The highest BCUT2D eigenvalue weighted by atomic mass is 35.5. The standard InChI is InChI=1S/C14H21FN2O.ClH/c1-2-18-14-6-5-11(8-13(14)15)9-17-7-3-4-12(16)10-17;/h5-6,8,12H,2-4,7,9-10,16H2,1H3;1H. The summed E-state index contributed by atoms with van der Waals surface area (Å²) < 4.78 is 18.9. The first kappa shape index (κ1) is 16.2. The summed E-state index contributed by atoms with van der Waals surface area (Å²) in [4.78, 5) is 2.28. The maximum absolute atomic E-state index is 13.7. The fraction of sp³-hybridized carbons (Fsp3) is 0.571. The minimum atomic E-state index is -0.282. The van der Waals surface area contributed by atoms with Gasteiger partial charge in [0.1, 0.15) is 0 Å². The third-order valence-electron chi connectivity index (χ3n) is 3.24. The zero-order chi connectivity index (χ0) is 13.0. The van der Waals surface area contributed by atoms with Crippen LogP contribution in [0.2, 0.25) is 0 Å². The molecule has 5 heteroatoms. The number of hydrogen-bond donors (Lipinski definition) is 1. The van der Waals surface area contributed by atoms with Gasteiger partial charge in [0.15, 0.2) is 11.6 Å². The maximum atomic E-state index is 13.7. The van der Waals surface area contributed by atoms with E-state index in [-0.39, 0.29) is 24.3 Å². The van der Waals surface area contributed by atoms with Gasteiger partial charge in [0.25, 0.3) is 0 Å². The van der Waals surface area contributed by atoms with Crippen LogP contribution in [-0.4, -0.2) is 30.6 Å². The highest BCUT2D eigenvalue weighted by molar-refractivity contribution is 5.85. The van der Waals surface area contributed by atoms with Crippen LogP contribution in [0.5, 0.6) is 5.75 Å². The van der Waals surface area contributed by atoms with Crippen molar-refractivity contribution in [1.29, 1.82) is 0 Å². The molecule has 0 saturated carbocycles. The second-order valence-corrected chi connectivity index (χ2v) is 4.84. The van der Waals surface area contributed by atoms with Crippen LogP contribution in [-0.2, 0) is 6.54 Å². The average molecular weight is 289 g/mol. The molecule has 1 aromatic carbocycles. The molecule has 0 aliphatic carbocycles. The summed E-state index contributed by atoms with van der Waals surface area (Å²) in [6.07, 6.45) is 2.22. The van der Waals surface area contributed by atoms with Gasteiger partial charge in [-0.3, -0.25) is 4.90 Å². The number of halogens is 2. The van der Waals surface area contributed by atoms with Gasteiger partial charge in [0.2, 0.25) is 0 Å². The zero-order valence-electron chi connectivity index (χ0n) is 11.3. The molecule has 0 aromatic heterocycles. The van der Waals surface area contributed by atoms with E-state index in [1.807, 2.05) is 13.0 Å². The number of nitrogens with two attached hydrogens (primary N) is 1. The summed E-state index contributed by atoms with van der Waals surface area (Å²) in [5.74, 6) is 0.0484. The van der Waals surface area contributed by atoms with Gasteiger partial charge >= 0.3 is 0 Å². The van der Waals surface area contributed by atoms with Crippen molar-refractivity contribution < 1.29 is 9.13 Å². The topological polar surface area (TPSA) is 38.5 Å². The van der Waals surface area contributed by atoms with E-state index in [1.165, 1.54) is 0 Å². The Morgan fingerprint density at radius 1 is 1.47 bits per heavy atom. The van der Waals surface area contributed by atoms with E-state index in [2.05, 4.69) is 4.90 Å². The first-order chi connectivity index (χ1) is 8.69. The fourth-order valence-corrected chi connectivity index (χ4v) is 2.41. The summed E-state index contributed by atoms with van der Waals surface area (Å²) in [7, 11) is 0. The molecule has 0 amide bonds. The molecule has 2 rings (SSSR count).